The van der Waals surface area contributed by atoms with E-state index in [-0.39, 0.29) is 34.6 Å². The van der Waals surface area contributed by atoms with Crippen LogP contribution in [0.2, 0.25) is 0 Å². The first-order valence-corrected chi connectivity index (χ1v) is 12.8. The minimum Gasteiger partial charge on any atom is -0.478 e. The molecule has 1 atom stereocenters. The van der Waals surface area contributed by atoms with Crippen molar-refractivity contribution < 1.29 is 19.5 Å². The fourth-order valence-electron chi connectivity index (χ4n) is 5.08. The molecule has 1 fully saturated rings. The summed E-state index contributed by atoms with van der Waals surface area (Å²) in [6.07, 6.45) is 11.0. The molecule has 0 bridgehead atoms. The largest absolute Gasteiger partial charge is 0.478 e. The number of allylic oxidation sites excluding steroid dienone is 3. The molecule has 0 saturated heterocycles. The molecule has 3 rings (SSSR count). The Labute approximate surface area is 209 Å². The molecule has 1 unspecified atom stereocenters. The van der Waals surface area contributed by atoms with E-state index in [0.717, 1.165) is 37.0 Å². The predicted molar refractivity (Wildman–Crippen MR) is 141 cm³/mol. The molecule has 2 aliphatic carbocycles. The van der Waals surface area contributed by atoms with Crippen LogP contribution in [0.15, 0.2) is 52.7 Å². The molecule has 0 aromatic heterocycles. The van der Waals surface area contributed by atoms with E-state index >= 15 is 0 Å². The van der Waals surface area contributed by atoms with Crippen molar-refractivity contribution >= 4 is 23.3 Å². The van der Waals surface area contributed by atoms with Gasteiger partial charge in [0.2, 0.25) is 5.91 Å². The smallest absolute Gasteiger partial charge is 0.335 e. The average Bonchev–Trinajstić information content (AvgIpc) is 2.80. The van der Waals surface area contributed by atoms with Gasteiger partial charge in [0.05, 0.1) is 17.7 Å². The van der Waals surface area contributed by atoms with Crippen LogP contribution in [-0.4, -0.2) is 29.3 Å². The number of benzene rings is 1. The minimum atomic E-state index is -0.994. The Morgan fingerprint density at radius 1 is 1.06 bits per heavy atom. The van der Waals surface area contributed by atoms with Gasteiger partial charge < -0.3 is 15.3 Å². The van der Waals surface area contributed by atoms with E-state index in [1.165, 1.54) is 30.5 Å². The van der Waals surface area contributed by atoms with Crippen LogP contribution >= 0.6 is 0 Å². The SMILES string of the molecule is CCCCCCON=C1C(CC(=O)Nc2ccc(C(=O)O)cc2)=CC=C2C1C(C)(C)CCC2(C)C. The quantitative estimate of drug-likeness (QED) is 0.279. The fraction of sp³-hybridized carbons (Fsp3) is 0.552. The molecule has 2 N–H and O–H groups in total. The Balaban J connectivity index is 1.82. The number of aromatic carboxylic acids is 1. The lowest BCUT2D eigenvalue weighted by Crippen LogP contribution is -2.44. The van der Waals surface area contributed by atoms with Gasteiger partial charge in [-0.25, -0.2) is 4.79 Å². The van der Waals surface area contributed by atoms with Crippen LogP contribution in [0.3, 0.4) is 0 Å². The van der Waals surface area contributed by atoms with E-state index in [2.05, 4.69) is 51.2 Å². The Bertz CT molecular complexity index is 1020. The van der Waals surface area contributed by atoms with Crippen LogP contribution in [0.1, 0.15) is 89.9 Å². The van der Waals surface area contributed by atoms with Gasteiger partial charge in [-0.05, 0) is 66.4 Å². The lowest BCUT2D eigenvalue weighted by molar-refractivity contribution is -0.115. The molecule has 1 saturated carbocycles. The maximum Gasteiger partial charge on any atom is 0.335 e. The van der Waals surface area contributed by atoms with E-state index < -0.39 is 5.97 Å². The second kappa shape index (κ2) is 11.2. The van der Waals surface area contributed by atoms with Gasteiger partial charge in [0, 0.05) is 11.6 Å². The van der Waals surface area contributed by atoms with Crippen molar-refractivity contribution in [3.05, 3.63) is 53.1 Å². The van der Waals surface area contributed by atoms with Gasteiger partial charge in [0.1, 0.15) is 6.61 Å². The highest BCUT2D eigenvalue weighted by Gasteiger charge is 2.48. The summed E-state index contributed by atoms with van der Waals surface area (Å²) in [5.41, 5.74) is 3.92. The van der Waals surface area contributed by atoms with Crippen LogP contribution in [0.4, 0.5) is 5.69 Å². The zero-order chi connectivity index (χ0) is 25.6. The Hall–Kier alpha value is -2.89. The molecule has 1 amide bonds. The molecule has 35 heavy (non-hydrogen) atoms. The number of carboxylic acids is 1. The summed E-state index contributed by atoms with van der Waals surface area (Å²) in [6.45, 7) is 11.9. The third-order valence-corrected chi connectivity index (χ3v) is 7.35. The van der Waals surface area contributed by atoms with Crippen molar-refractivity contribution in [2.45, 2.75) is 79.6 Å². The van der Waals surface area contributed by atoms with Gasteiger partial charge in [-0.15, -0.1) is 0 Å². The van der Waals surface area contributed by atoms with Crippen molar-refractivity contribution in [2.24, 2.45) is 21.9 Å². The lowest BCUT2D eigenvalue weighted by atomic mass is 9.54. The molecule has 6 heteroatoms. The Morgan fingerprint density at radius 3 is 2.43 bits per heavy atom. The van der Waals surface area contributed by atoms with Gasteiger partial charge in [0.25, 0.3) is 0 Å². The number of unbranched alkanes of at least 4 members (excludes halogenated alkanes) is 3. The first-order chi connectivity index (χ1) is 16.5. The second-order valence-electron chi connectivity index (χ2n) is 11.1. The summed E-state index contributed by atoms with van der Waals surface area (Å²) >= 11 is 0. The second-order valence-corrected chi connectivity index (χ2v) is 11.1. The first kappa shape index (κ1) is 26.7. The maximum atomic E-state index is 13.0. The number of carboxylic acid groups (broad SMARTS) is 1. The first-order valence-electron chi connectivity index (χ1n) is 12.8. The number of rotatable bonds is 10. The summed E-state index contributed by atoms with van der Waals surface area (Å²) in [7, 11) is 0. The molecule has 190 valence electrons. The highest BCUT2D eigenvalue weighted by atomic mass is 16.6. The van der Waals surface area contributed by atoms with Crippen molar-refractivity contribution in [2.75, 3.05) is 11.9 Å². The maximum absolute atomic E-state index is 13.0. The number of hydrogen-bond donors (Lipinski definition) is 2. The molecule has 0 spiro atoms. The van der Waals surface area contributed by atoms with Crippen LogP contribution in [-0.2, 0) is 9.63 Å². The molecule has 6 nitrogen and oxygen atoms in total. The highest BCUT2D eigenvalue weighted by molar-refractivity contribution is 6.09. The van der Waals surface area contributed by atoms with Gasteiger partial charge in [-0.3, -0.25) is 4.79 Å². The zero-order valence-corrected chi connectivity index (χ0v) is 21.8. The van der Waals surface area contributed by atoms with Crippen LogP contribution in [0, 0.1) is 16.7 Å². The number of nitrogens with one attached hydrogen (secondary N) is 1. The third-order valence-electron chi connectivity index (χ3n) is 7.35. The summed E-state index contributed by atoms with van der Waals surface area (Å²) in [5, 5.41) is 16.6. The minimum absolute atomic E-state index is 0.00834. The summed E-state index contributed by atoms with van der Waals surface area (Å²) in [6, 6.07) is 6.18. The van der Waals surface area contributed by atoms with Gasteiger partial charge >= 0.3 is 5.97 Å². The molecule has 0 radical (unpaired) electrons. The normalized spacial score (nSPS) is 21.5. The van der Waals surface area contributed by atoms with Gasteiger partial charge in [0.15, 0.2) is 0 Å². The van der Waals surface area contributed by atoms with Crippen LogP contribution in [0.5, 0.6) is 0 Å². The fourth-order valence-corrected chi connectivity index (χ4v) is 5.08. The van der Waals surface area contributed by atoms with Crippen LogP contribution in [0.25, 0.3) is 0 Å². The zero-order valence-electron chi connectivity index (χ0n) is 21.8. The molecular formula is C29H40N2O4. The summed E-state index contributed by atoms with van der Waals surface area (Å²) < 4.78 is 0. The monoisotopic (exact) mass is 480 g/mol. The van der Waals surface area contributed by atoms with Gasteiger partial charge in [-0.1, -0.05) is 70.3 Å². The summed E-state index contributed by atoms with van der Waals surface area (Å²) in [5.74, 6) is -1.06. The predicted octanol–water partition coefficient (Wildman–Crippen LogP) is 7.00. The van der Waals surface area contributed by atoms with Crippen molar-refractivity contribution in [3.8, 4) is 0 Å². The molecular weight excluding hydrogens is 440 g/mol. The van der Waals surface area contributed by atoms with E-state index in [4.69, 9.17) is 9.94 Å². The van der Waals surface area contributed by atoms with E-state index in [0.29, 0.717) is 12.3 Å². The number of nitrogens with zero attached hydrogens (tertiary/aromatic N) is 1. The number of fused-ring (bicyclic) bond motifs is 1. The number of anilines is 1. The van der Waals surface area contributed by atoms with E-state index in [1.54, 1.807) is 12.1 Å². The molecule has 2 aliphatic rings. The number of oxime groups is 1. The molecule has 0 aliphatic heterocycles. The van der Waals surface area contributed by atoms with Crippen molar-refractivity contribution in [3.63, 3.8) is 0 Å². The van der Waals surface area contributed by atoms with Crippen molar-refractivity contribution in [1.82, 2.24) is 0 Å². The molecule has 0 heterocycles. The highest BCUT2D eigenvalue weighted by Crippen LogP contribution is 2.54. The van der Waals surface area contributed by atoms with E-state index in [1.807, 2.05) is 6.08 Å². The number of carbonyl (C=O) groups excluding carboxylic acids is 1. The molecule has 1 aromatic carbocycles. The Kier molecular flexibility index (Phi) is 8.57. The molecule has 1 aromatic rings. The van der Waals surface area contributed by atoms with E-state index in [9.17, 15) is 9.59 Å². The number of amides is 1. The lowest BCUT2D eigenvalue weighted by Gasteiger charge is -2.50. The van der Waals surface area contributed by atoms with Crippen molar-refractivity contribution in [1.29, 1.82) is 0 Å². The standard InChI is InChI=1S/C29H40N2O4/c1-6-7-8-9-18-35-31-26-21(12-15-23-25(26)29(4,5)17-16-28(23,2)3)19-24(32)30-22-13-10-20(11-14-22)27(33)34/h10-15,25H,6-9,16-19H2,1-5H3,(H,30,32)(H,33,34). The Morgan fingerprint density at radius 2 is 1.77 bits per heavy atom. The van der Waals surface area contributed by atoms with Crippen LogP contribution < -0.4 is 5.32 Å². The topological polar surface area (TPSA) is 88.0 Å². The summed E-state index contributed by atoms with van der Waals surface area (Å²) in [4.78, 5) is 29.9. The number of carbonyl (C=O) groups is 2. The van der Waals surface area contributed by atoms with Gasteiger partial charge in [-0.2, -0.15) is 0 Å². The number of hydrogen-bond acceptors (Lipinski definition) is 4. The average molecular weight is 481 g/mol. The third kappa shape index (κ3) is 6.62.